The van der Waals surface area contributed by atoms with Crippen LogP contribution in [0.15, 0.2) is 46.9 Å². The Labute approximate surface area is 118 Å². The maximum absolute atomic E-state index is 13.6. The number of anilines is 1. The zero-order valence-corrected chi connectivity index (χ0v) is 11.6. The molecule has 0 fully saturated rings. The summed E-state index contributed by atoms with van der Waals surface area (Å²) < 4.78 is 16.4. The van der Waals surface area contributed by atoms with Gasteiger partial charge < -0.3 is 10.3 Å². The molecule has 1 aromatic heterocycles. The van der Waals surface area contributed by atoms with Gasteiger partial charge in [0.05, 0.1) is 12.1 Å². The lowest BCUT2D eigenvalue weighted by Crippen LogP contribution is -2.04. The predicted octanol–water partition coefficient (Wildman–Crippen LogP) is 3.57. The summed E-state index contributed by atoms with van der Waals surface area (Å²) in [6.45, 7) is 0.561. The summed E-state index contributed by atoms with van der Waals surface area (Å²) in [7, 11) is 0. The molecule has 0 radical (unpaired) electrons. The van der Waals surface area contributed by atoms with Crippen molar-refractivity contribution in [2.24, 2.45) is 0 Å². The second-order valence-corrected chi connectivity index (χ2v) is 5.21. The van der Waals surface area contributed by atoms with E-state index in [0.717, 1.165) is 10.0 Å². The van der Waals surface area contributed by atoms with E-state index in [2.05, 4.69) is 20.9 Å². The number of nitrogens with two attached hydrogens (primary N) is 1. The summed E-state index contributed by atoms with van der Waals surface area (Å²) in [5.74, 6) is -0.0303. The molecular formula is C14H11BrFN3. The lowest BCUT2D eigenvalue weighted by Gasteiger charge is -2.07. The first-order valence-corrected chi connectivity index (χ1v) is 6.59. The molecule has 96 valence electrons. The molecule has 3 nitrogen and oxygen atoms in total. The second kappa shape index (κ2) is 4.66. The van der Waals surface area contributed by atoms with E-state index in [9.17, 15) is 4.39 Å². The van der Waals surface area contributed by atoms with E-state index in [-0.39, 0.29) is 5.82 Å². The van der Waals surface area contributed by atoms with E-state index in [1.165, 1.54) is 6.07 Å². The molecule has 0 saturated heterocycles. The molecule has 2 aromatic carbocycles. The van der Waals surface area contributed by atoms with Gasteiger partial charge in [-0.2, -0.15) is 0 Å². The Balaban J connectivity index is 2.10. The fourth-order valence-electron chi connectivity index (χ4n) is 2.11. The van der Waals surface area contributed by atoms with Gasteiger partial charge in [0.2, 0.25) is 5.95 Å². The zero-order valence-electron chi connectivity index (χ0n) is 9.98. The van der Waals surface area contributed by atoms with Crippen LogP contribution in [0, 0.1) is 5.82 Å². The maximum atomic E-state index is 13.6. The first-order valence-electron chi connectivity index (χ1n) is 5.80. The topological polar surface area (TPSA) is 43.8 Å². The van der Waals surface area contributed by atoms with Gasteiger partial charge in [-0.1, -0.05) is 34.1 Å². The third-order valence-corrected chi connectivity index (χ3v) is 3.48. The normalized spacial score (nSPS) is 11.1. The molecule has 1 heterocycles. The molecule has 0 aliphatic carbocycles. The van der Waals surface area contributed by atoms with Gasteiger partial charge in [-0.05, 0) is 29.8 Å². The van der Waals surface area contributed by atoms with E-state index >= 15 is 0 Å². The van der Waals surface area contributed by atoms with Crippen LogP contribution in [0.4, 0.5) is 10.3 Å². The predicted molar refractivity (Wildman–Crippen MR) is 77.3 cm³/mol. The molecule has 0 spiro atoms. The standard InChI is InChI=1S/C14H11BrFN3/c15-10-4-1-3-9(7-10)8-19-12-6-2-5-11(16)13(12)18-14(19)17/h1-7H,8H2,(H2,17,18). The van der Waals surface area contributed by atoms with E-state index in [1.54, 1.807) is 10.6 Å². The molecule has 0 aliphatic heterocycles. The van der Waals surface area contributed by atoms with Crippen molar-refractivity contribution in [2.75, 3.05) is 5.73 Å². The molecule has 0 amide bonds. The van der Waals surface area contributed by atoms with Crippen molar-refractivity contribution in [1.29, 1.82) is 0 Å². The highest BCUT2D eigenvalue weighted by atomic mass is 79.9. The van der Waals surface area contributed by atoms with Crippen LogP contribution in [-0.2, 0) is 6.54 Å². The van der Waals surface area contributed by atoms with Gasteiger partial charge in [-0.15, -0.1) is 0 Å². The lowest BCUT2D eigenvalue weighted by atomic mass is 10.2. The number of nitrogen functional groups attached to an aromatic ring is 1. The third-order valence-electron chi connectivity index (χ3n) is 2.99. The van der Waals surface area contributed by atoms with Gasteiger partial charge in [-0.3, -0.25) is 0 Å². The largest absolute Gasteiger partial charge is 0.369 e. The Bertz CT molecular complexity index is 752. The summed E-state index contributed by atoms with van der Waals surface area (Å²) in [5, 5.41) is 0. The molecule has 5 heteroatoms. The van der Waals surface area contributed by atoms with E-state index in [4.69, 9.17) is 5.73 Å². The zero-order chi connectivity index (χ0) is 13.4. The van der Waals surface area contributed by atoms with Gasteiger partial charge in [-0.25, -0.2) is 9.37 Å². The number of fused-ring (bicyclic) bond motifs is 1. The van der Waals surface area contributed by atoms with Crippen LogP contribution in [0.25, 0.3) is 11.0 Å². The third kappa shape index (κ3) is 2.21. The Morgan fingerprint density at radius 1 is 1.21 bits per heavy atom. The molecule has 3 aromatic rings. The molecule has 0 aliphatic rings. The molecule has 3 rings (SSSR count). The van der Waals surface area contributed by atoms with Crippen LogP contribution in [0.2, 0.25) is 0 Å². The van der Waals surface area contributed by atoms with Crippen molar-refractivity contribution < 1.29 is 4.39 Å². The summed E-state index contributed by atoms with van der Waals surface area (Å²) >= 11 is 3.43. The van der Waals surface area contributed by atoms with E-state index < -0.39 is 0 Å². The first kappa shape index (κ1) is 12.2. The Morgan fingerprint density at radius 2 is 2.00 bits per heavy atom. The molecular weight excluding hydrogens is 309 g/mol. The number of para-hydroxylation sites is 1. The SMILES string of the molecule is Nc1nc2c(F)cccc2n1Cc1cccc(Br)c1. The molecule has 0 saturated carbocycles. The number of rotatable bonds is 2. The van der Waals surface area contributed by atoms with Gasteiger partial charge >= 0.3 is 0 Å². The fourth-order valence-corrected chi connectivity index (χ4v) is 2.56. The maximum Gasteiger partial charge on any atom is 0.201 e. The number of hydrogen-bond donors (Lipinski definition) is 1. The van der Waals surface area contributed by atoms with Crippen molar-refractivity contribution in [3.05, 3.63) is 58.3 Å². The summed E-state index contributed by atoms with van der Waals surface area (Å²) in [6.07, 6.45) is 0. The van der Waals surface area contributed by atoms with E-state index in [0.29, 0.717) is 23.5 Å². The number of hydrogen-bond acceptors (Lipinski definition) is 2. The minimum Gasteiger partial charge on any atom is -0.369 e. The molecule has 0 unspecified atom stereocenters. The van der Waals surface area contributed by atoms with Gasteiger partial charge in [0.1, 0.15) is 5.52 Å². The van der Waals surface area contributed by atoms with Crippen LogP contribution >= 0.6 is 15.9 Å². The number of imidazole rings is 1. The monoisotopic (exact) mass is 319 g/mol. The van der Waals surface area contributed by atoms with Crippen LogP contribution in [-0.4, -0.2) is 9.55 Å². The number of halogens is 2. The van der Waals surface area contributed by atoms with Crippen LogP contribution in [0.3, 0.4) is 0 Å². The number of aromatic nitrogens is 2. The Hall–Kier alpha value is -1.88. The summed E-state index contributed by atoms with van der Waals surface area (Å²) in [6, 6.07) is 12.8. The van der Waals surface area contributed by atoms with Gasteiger partial charge in [0.15, 0.2) is 5.82 Å². The number of nitrogens with zero attached hydrogens (tertiary/aromatic N) is 2. The van der Waals surface area contributed by atoms with Crippen LogP contribution in [0.1, 0.15) is 5.56 Å². The Morgan fingerprint density at radius 3 is 2.79 bits per heavy atom. The minimum atomic E-state index is -0.350. The highest BCUT2D eigenvalue weighted by Crippen LogP contribution is 2.22. The van der Waals surface area contributed by atoms with E-state index in [1.807, 2.05) is 30.3 Å². The van der Waals surface area contributed by atoms with Gasteiger partial charge in [0, 0.05) is 4.47 Å². The van der Waals surface area contributed by atoms with Crippen LogP contribution < -0.4 is 5.73 Å². The summed E-state index contributed by atoms with van der Waals surface area (Å²) in [5.41, 5.74) is 7.98. The lowest BCUT2D eigenvalue weighted by molar-refractivity contribution is 0.637. The molecule has 2 N–H and O–H groups in total. The Kier molecular flexibility index (Phi) is 2.98. The van der Waals surface area contributed by atoms with Gasteiger partial charge in [0.25, 0.3) is 0 Å². The van der Waals surface area contributed by atoms with Crippen LogP contribution in [0.5, 0.6) is 0 Å². The fraction of sp³-hybridized carbons (Fsp3) is 0.0714. The molecule has 0 bridgehead atoms. The summed E-state index contributed by atoms with van der Waals surface area (Å²) in [4.78, 5) is 4.09. The minimum absolute atomic E-state index is 0.315. The van der Waals surface area contributed by atoms with Crippen molar-refractivity contribution in [3.63, 3.8) is 0 Å². The second-order valence-electron chi connectivity index (χ2n) is 4.29. The van der Waals surface area contributed by atoms with Crippen molar-refractivity contribution in [3.8, 4) is 0 Å². The highest BCUT2D eigenvalue weighted by Gasteiger charge is 2.11. The van der Waals surface area contributed by atoms with Crippen molar-refractivity contribution in [1.82, 2.24) is 9.55 Å². The molecule has 19 heavy (non-hydrogen) atoms. The molecule has 0 atom stereocenters. The highest BCUT2D eigenvalue weighted by molar-refractivity contribution is 9.10. The average molecular weight is 320 g/mol. The number of benzene rings is 2. The first-order chi connectivity index (χ1) is 9.15. The average Bonchev–Trinajstić information content (AvgIpc) is 2.69. The quantitative estimate of drug-likeness (QED) is 0.784. The van der Waals surface area contributed by atoms with Crippen molar-refractivity contribution >= 4 is 32.9 Å². The van der Waals surface area contributed by atoms with Crippen molar-refractivity contribution in [2.45, 2.75) is 6.54 Å². The smallest absolute Gasteiger partial charge is 0.201 e.